The number of amides is 1. The smallest absolute Gasteiger partial charge is 0.281 e. The van der Waals surface area contributed by atoms with E-state index >= 15 is 0 Å². The van der Waals surface area contributed by atoms with Crippen molar-refractivity contribution in [2.24, 2.45) is 17.3 Å². The Balaban J connectivity index is 1.57. The summed E-state index contributed by atoms with van der Waals surface area (Å²) >= 11 is 1.07. The van der Waals surface area contributed by atoms with Crippen molar-refractivity contribution in [2.75, 3.05) is 5.32 Å². The second-order valence-corrected chi connectivity index (χ2v) is 10.7. The quantitative estimate of drug-likeness (QED) is 0.126. The molecule has 0 fully saturated rings. The minimum Gasteiger partial charge on any atom is -0.297 e. The molecule has 5 aromatic rings. The van der Waals surface area contributed by atoms with Crippen molar-refractivity contribution in [3.8, 4) is 23.0 Å². The van der Waals surface area contributed by atoms with Crippen molar-refractivity contribution >= 4 is 39.1 Å². The van der Waals surface area contributed by atoms with Gasteiger partial charge in [0.2, 0.25) is 0 Å². The lowest BCUT2D eigenvalue weighted by Gasteiger charge is -2.07. The van der Waals surface area contributed by atoms with Gasteiger partial charge in [-0.3, -0.25) is 19.6 Å². The zero-order chi connectivity index (χ0) is 29.8. The van der Waals surface area contributed by atoms with Gasteiger partial charge in [-0.05, 0) is 56.7 Å². The number of carbonyl (C=O) groups excluding carboxylic acids is 1. The van der Waals surface area contributed by atoms with E-state index in [4.69, 9.17) is 0 Å². The highest BCUT2D eigenvalue weighted by Crippen LogP contribution is 2.39. The molecule has 0 radical (unpaired) electrons. The molecule has 0 spiro atoms. The first-order chi connectivity index (χ1) is 20.2. The minimum atomic E-state index is -0.619. The molecule has 0 unspecified atom stereocenters. The molecule has 42 heavy (non-hydrogen) atoms. The monoisotopic (exact) mass is 573 g/mol. The molecule has 0 saturated heterocycles. The van der Waals surface area contributed by atoms with E-state index in [1.165, 1.54) is 6.08 Å². The molecule has 10 heteroatoms. The molecule has 3 aromatic carbocycles. The van der Waals surface area contributed by atoms with E-state index in [9.17, 15) is 14.9 Å². The summed E-state index contributed by atoms with van der Waals surface area (Å²) in [6, 6.07) is 26.3. The maximum Gasteiger partial charge on any atom is 0.281 e. The number of hydrogen-bond acceptors (Lipinski definition) is 7. The van der Waals surface area contributed by atoms with Crippen LogP contribution in [0.3, 0.4) is 0 Å². The van der Waals surface area contributed by atoms with Crippen molar-refractivity contribution < 1.29 is 4.79 Å². The minimum absolute atomic E-state index is 0.0826. The van der Waals surface area contributed by atoms with Crippen molar-refractivity contribution in [3.05, 3.63) is 117 Å². The molecule has 9 nitrogen and oxygen atoms in total. The Hall–Kier alpha value is -5.40. The average Bonchev–Trinajstić information content (AvgIpc) is 3.48. The maximum atomic E-state index is 13.8. The Morgan fingerprint density at radius 1 is 0.952 bits per heavy atom. The molecule has 0 aliphatic heterocycles. The van der Waals surface area contributed by atoms with Gasteiger partial charge in [0.25, 0.3) is 11.5 Å². The predicted molar refractivity (Wildman–Crippen MR) is 166 cm³/mol. The number of carbonyl (C=O) groups is 1. The number of nitrogens with one attached hydrogen (secondary N) is 1. The molecule has 0 aliphatic rings. The molecule has 208 valence electrons. The fourth-order valence-electron chi connectivity index (χ4n) is 4.29. The van der Waals surface area contributed by atoms with Crippen molar-refractivity contribution in [3.63, 3.8) is 0 Å². The van der Waals surface area contributed by atoms with Gasteiger partial charge >= 0.3 is 0 Å². The van der Waals surface area contributed by atoms with Gasteiger partial charge < -0.3 is 0 Å². The molecule has 1 N–H and O–H groups in total. The summed E-state index contributed by atoms with van der Waals surface area (Å²) in [7, 11) is 1.80. The lowest BCUT2D eigenvalue weighted by atomic mass is 10.1. The lowest BCUT2D eigenvalue weighted by Crippen LogP contribution is -2.20. The van der Waals surface area contributed by atoms with E-state index in [0.29, 0.717) is 33.3 Å². The van der Waals surface area contributed by atoms with Crippen LogP contribution in [0.15, 0.2) is 99.5 Å². The van der Waals surface area contributed by atoms with Crippen molar-refractivity contribution in [1.29, 1.82) is 5.26 Å². The number of para-hydroxylation sites is 1. The third-order valence-electron chi connectivity index (χ3n) is 6.66. The van der Waals surface area contributed by atoms with Crippen LogP contribution in [0.1, 0.15) is 22.4 Å². The van der Waals surface area contributed by atoms with Gasteiger partial charge in [-0.15, -0.1) is 10.2 Å². The second-order valence-electron chi connectivity index (χ2n) is 9.68. The van der Waals surface area contributed by atoms with Gasteiger partial charge in [-0.1, -0.05) is 77.1 Å². The summed E-state index contributed by atoms with van der Waals surface area (Å²) in [5, 5.41) is 21.7. The van der Waals surface area contributed by atoms with Crippen LogP contribution in [-0.2, 0) is 11.8 Å². The Kier molecular flexibility index (Phi) is 8.04. The molecular weight excluding hydrogens is 546 g/mol. The fourth-order valence-corrected chi connectivity index (χ4v) is 5.08. The zero-order valence-corrected chi connectivity index (χ0v) is 24.3. The van der Waals surface area contributed by atoms with Crippen LogP contribution in [0.5, 0.6) is 0 Å². The van der Waals surface area contributed by atoms with E-state index in [1.54, 1.807) is 16.4 Å². The topological polar surface area (TPSA) is 117 Å². The van der Waals surface area contributed by atoms with Gasteiger partial charge in [0, 0.05) is 12.7 Å². The average molecular weight is 574 g/mol. The van der Waals surface area contributed by atoms with Crippen LogP contribution < -0.4 is 10.9 Å². The van der Waals surface area contributed by atoms with Gasteiger partial charge in [-0.25, -0.2) is 9.67 Å². The molecule has 2 heterocycles. The number of thiazole rings is 1. The van der Waals surface area contributed by atoms with Crippen LogP contribution in [0, 0.1) is 32.1 Å². The summed E-state index contributed by atoms with van der Waals surface area (Å²) in [5.41, 5.74) is 5.14. The largest absolute Gasteiger partial charge is 0.297 e. The number of anilines is 1. The second kappa shape index (κ2) is 12.0. The van der Waals surface area contributed by atoms with E-state index < -0.39 is 5.91 Å². The molecule has 0 saturated carbocycles. The summed E-state index contributed by atoms with van der Waals surface area (Å²) in [6.07, 6.45) is 1.52. The summed E-state index contributed by atoms with van der Waals surface area (Å²) < 4.78 is 3.31. The van der Waals surface area contributed by atoms with Crippen molar-refractivity contribution in [1.82, 2.24) is 14.3 Å². The van der Waals surface area contributed by atoms with Crippen molar-refractivity contribution in [2.45, 2.75) is 20.8 Å². The predicted octanol–water partition coefficient (Wildman–Crippen LogP) is 7.19. The van der Waals surface area contributed by atoms with E-state index in [2.05, 4.69) is 20.5 Å². The van der Waals surface area contributed by atoms with Crippen LogP contribution in [0.25, 0.3) is 23.0 Å². The van der Waals surface area contributed by atoms with Gasteiger partial charge in [-0.2, -0.15) is 5.26 Å². The van der Waals surface area contributed by atoms with Gasteiger partial charge in [0.05, 0.1) is 16.9 Å². The summed E-state index contributed by atoms with van der Waals surface area (Å²) in [5.74, 6) is -0.619. The molecule has 2 aromatic heterocycles. The first-order valence-corrected chi connectivity index (χ1v) is 13.9. The zero-order valence-electron chi connectivity index (χ0n) is 23.5. The molecular formula is C32H27N7O2S. The molecule has 0 bridgehead atoms. The van der Waals surface area contributed by atoms with E-state index in [0.717, 1.165) is 28.0 Å². The fraction of sp³-hybridized carbons (Fsp3) is 0.125. The third kappa shape index (κ3) is 5.87. The number of aromatic nitrogens is 3. The molecule has 0 atom stereocenters. The third-order valence-corrected chi connectivity index (χ3v) is 7.52. The van der Waals surface area contributed by atoms with Gasteiger partial charge in [0.1, 0.15) is 17.3 Å². The molecule has 5 rings (SSSR count). The standard InChI is InChI=1S/C32H27N7O2S/c1-20-10-14-23(15-11-20)18-24(19-33)29(40)35-32-34-28(30(42-32)37-36-25-16-12-21(2)13-17-25)27-22(3)38(4)39(31(27)41)26-8-6-5-7-9-26/h5-18H,1-4H3,(H,34,35,40)/b24-18+,37-36?. The highest BCUT2D eigenvalue weighted by atomic mass is 32.1. The Morgan fingerprint density at radius 3 is 2.24 bits per heavy atom. The Morgan fingerprint density at radius 2 is 1.60 bits per heavy atom. The highest BCUT2D eigenvalue weighted by Gasteiger charge is 2.25. The first kappa shape index (κ1) is 28.1. The number of rotatable bonds is 7. The van der Waals surface area contributed by atoms with Crippen LogP contribution in [0.2, 0.25) is 0 Å². The van der Waals surface area contributed by atoms with Crippen LogP contribution in [-0.4, -0.2) is 20.3 Å². The number of benzene rings is 3. The SMILES string of the molecule is Cc1ccc(/C=C(\C#N)C(=O)Nc2nc(-c3c(C)n(C)n(-c4ccccc4)c3=O)c(N=Nc3ccc(C)cc3)s2)cc1. The summed E-state index contributed by atoms with van der Waals surface area (Å²) in [4.78, 5) is 31.5. The number of azo groups is 1. The molecule has 0 aliphatic carbocycles. The maximum absolute atomic E-state index is 13.8. The summed E-state index contributed by atoms with van der Waals surface area (Å²) in [6.45, 7) is 5.77. The normalized spacial score (nSPS) is 11.5. The van der Waals surface area contributed by atoms with E-state index in [-0.39, 0.29) is 16.3 Å². The van der Waals surface area contributed by atoms with E-state index in [1.807, 2.05) is 106 Å². The van der Waals surface area contributed by atoms with Crippen LogP contribution in [0.4, 0.5) is 15.8 Å². The highest BCUT2D eigenvalue weighted by molar-refractivity contribution is 7.19. The number of hydrogen-bond donors (Lipinski definition) is 1. The Labute approximate surface area is 246 Å². The number of nitriles is 1. The Bertz CT molecular complexity index is 1920. The number of nitrogens with zero attached hydrogens (tertiary/aromatic N) is 6. The molecule has 1 amide bonds. The first-order valence-electron chi connectivity index (χ1n) is 13.1. The van der Waals surface area contributed by atoms with Gasteiger partial charge in [0.15, 0.2) is 10.1 Å². The lowest BCUT2D eigenvalue weighted by molar-refractivity contribution is -0.112. The van der Waals surface area contributed by atoms with Crippen LogP contribution >= 0.6 is 11.3 Å². The number of aryl methyl sites for hydroxylation is 2.